The Labute approximate surface area is 70.6 Å². The minimum Gasteiger partial charge on any atom is -0.328 e. The zero-order valence-electron chi connectivity index (χ0n) is 7.16. The first-order chi connectivity index (χ1) is 5.79. The van der Waals surface area contributed by atoms with Gasteiger partial charge in [0, 0.05) is 6.54 Å². The van der Waals surface area contributed by atoms with Crippen LogP contribution in [0.25, 0.3) is 0 Å². The fourth-order valence-electron chi connectivity index (χ4n) is 1.22. The fraction of sp³-hybridized carbons (Fsp3) is 0.714. The number of nitrogens with two attached hydrogens (primary N) is 1. The van der Waals surface area contributed by atoms with E-state index in [0.29, 0.717) is 6.54 Å². The summed E-state index contributed by atoms with van der Waals surface area (Å²) in [5, 5.41) is 5.99. The molecule has 0 aromatic carbocycles. The van der Waals surface area contributed by atoms with Crippen LogP contribution in [0.5, 0.6) is 0 Å². The van der Waals surface area contributed by atoms with Crippen molar-refractivity contribution in [2.45, 2.75) is 25.8 Å². The third-order valence-corrected chi connectivity index (χ3v) is 1.86. The molecule has 0 bridgehead atoms. The van der Waals surface area contributed by atoms with Gasteiger partial charge in [-0.3, -0.25) is 4.57 Å². The molecule has 0 fully saturated rings. The van der Waals surface area contributed by atoms with Crippen molar-refractivity contribution >= 4 is 0 Å². The van der Waals surface area contributed by atoms with Crippen LogP contribution in [0.15, 0.2) is 11.1 Å². The topological polar surface area (TPSA) is 76.7 Å². The number of nitrogens with one attached hydrogen (secondary N) is 1. The van der Waals surface area contributed by atoms with Gasteiger partial charge in [-0.1, -0.05) is 13.3 Å². The summed E-state index contributed by atoms with van der Waals surface area (Å²) in [5.74, 6) is 0. The van der Waals surface area contributed by atoms with Crippen molar-refractivity contribution in [3.63, 3.8) is 0 Å². The monoisotopic (exact) mass is 170 g/mol. The van der Waals surface area contributed by atoms with Crippen LogP contribution in [-0.4, -0.2) is 21.3 Å². The molecule has 1 unspecified atom stereocenters. The van der Waals surface area contributed by atoms with Gasteiger partial charge in [0.15, 0.2) is 0 Å². The molecule has 1 rings (SSSR count). The van der Waals surface area contributed by atoms with Gasteiger partial charge in [-0.25, -0.2) is 9.89 Å². The largest absolute Gasteiger partial charge is 0.343 e. The van der Waals surface area contributed by atoms with Crippen LogP contribution in [0.1, 0.15) is 25.8 Å². The molecule has 3 N–H and O–H groups in total. The van der Waals surface area contributed by atoms with Crippen LogP contribution in [0.3, 0.4) is 0 Å². The fourth-order valence-corrected chi connectivity index (χ4v) is 1.22. The van der Waals surface area contributed by atoms with Crippen LogP contribution < -0.4 is 11.4 Å². The molecule has 0 spiro atoms. The van der Waals surface area contributed by atoms with Gasteiger partial charge in [-0.05, 0) is 6.42 Å². The number of aromatic nitrogens is 3. The van der Waals surface area contributed by atoms with Crippen LogP contribution in [0.2, 0.25) is 0 Å². The number of hydrogen-bond donors (Lipinski definition) is 2. The van der Waals surface area contributed by atoms with E-state index in [1.165, 1.54) is 6.33 Å². The van der Waals surface area contributed by atoms with Gasteiger partial charge in [0.1, 0.15) is 6.33 Å². The van der Waals surface area contributed by atoms with E-state index < -0.39 is 0 Å². The predicted molar refractivity (Wildman–Crippen MR) is 45.8 cm³/mol. The van der Waals surface area contributed by atoms with Crippen LogP contribution in [0.4, 0.5) is 0 Å². The standard InChI is InChI=1S/C7H14N4O/c1-2-3-6(4-8)11-5-9-10-7(11)12/h5-6H,2-4,8H2,1H3,(H,10,12). The summed E-state index contributed by atoms with van der Waals surface area (Å²) in [5.41, 5.74) is 5.34. The average Bonchev–Trinajstić information content (AvgIpc) is 2.47. The van der Waals surface area contributed by atoms with E-state index in [9.17, 15) is 4.79 Å². The average molecular weight is 170 g/mol. The zero-order chi connectivity index (χ0) is 8.97. The summed E-state index contributed by atoms with van der Waals surface area (Å²) in [6, 6.07) is 0.0845. The molecular formula is C7H14N4O. The van der Waals surface area contributed by atoms with E-state index >= 15 is 0 Å². The lowest BCUT2D eigenvalue weighted by Gasteiger charge is -2.12. The van der Waals surface area contributed by atoms with Gasteiger partial charge in [-0.15, -0.1) is 0 Å². The molecule has 5 heteroatoms. The van der Waals surface area contributed by atoms with E-state index in [2.05, 4.69) is 17.1 Å². The Morgan fingerprint density at radius 3 is 3.00 bits per heavy atom. The SMILES string of the molecule is CCCC(CN)n1cn[nH]c1=O. The number of aromatic amines is 1. The Morgan fingerprint density at radius 2 is 2.58 bits per heavy atom. The van der Waals surface area contributed by atoms with Crippen molar-refractivity contribution in [2.24, 2.45) is 5.73 Å². The molecule has 0 aliphatic carbocycles. The van der Waals surface area contributed by atoms with Crippen molar-refractivity contribution in [1.82, 2.24) is 14.8 Å². The third kappa shape index (κ3) is 1.73. The Balaban J connectivity index is 2.79. The number of H-pyrrole nitrogens is 1. The normalized spacial score (nSPS) is 13.2. The molecule has 68 valence electrons. The van der Waals surface area contributed by atoms with Crippen LogP contribution in [0, 0.1) is 0 Å². The van der Waals surface area contributed by atoms with E-state index in [-0.39, 0.29) is 11.7 Å². The highest BCUT2D eigenvalue weighted by molar-refractivity contribution is 4.73. The lowest BCUT2D eigenvalue weighted by molar-refractivity contribution is 0.458. The molecule has 0 aliphatic rings. The summed E-state index contributed by atoms with van der Waals surface area (Å²) in [6.45, 7) is 2.54. The number of nitrogens with zero attached hydrogens (tertiary/aromatic N) is 2. The van der Waals surface area contributed by atoms with Crippen molar-refractivity contribution in [1.29, 1.82) is 0 Å². The Hall–Kier alpha value is -1.10. The second-order valence-corrected chi connectivity index (χ2v) is 2.75. The molecule has 0 saturated heterocycles. The first kappa shape index (κ1) is 8.99. The maximum absolute atomic E-state index is 11.1. The summed E-state index contributed by atoms with van der Waals surface area (Å²) < 4.78 is 1.55. The van der Waals surface area contributed by atoms with Gasteiger partial charge in [0.05, 0.1) is 6.04 Å². The smallest absolute Gasteiger partial charge is 0.328 e. The van der Waals surface area contributed by atoms with Crippen molar-refractivity contribution in [2.75, 3.05) is 6.54 Å². The summed E-state index contributed by atoms with van der Waals surface area (Å²) >= 11 is 0. The van der Waals surface area contributed by atoms with E-state index in [1.54, 1.807) is 4.57 Å². The highest BCUT2D eigenvalue weighted by Crippen LogP contribution is 2.07. The summed E-state index contributed by atoms with van der Waals surface area (Å²) in [4.78, 5) is 11.1. The first-order valence-electron chi connectivity index (χ1n) is 4.11. The molecule has 0 radical (unpaired) electrons. The molecule has 5 nitrogen and oxygen atoms in total. The zero-order valence-corrected chi connectivity index (χ0v) is 7.16. The highest BCUT2D eigenvalue weighted by atomic mass is 16.1. The third-order valence-electron chi connectivity index (χ3n) is 1.86. The van der Waals surface area contributed by atoms with E-state index in [4.69, 9.17) is 5.73 Å². The van der Waals surface area contributed by atoms with Crippen molar-refractivity contribution in [3.8, 4) is 0 Å². The van der Waals surface area contributed by atoms with E-state index in [1.807, 2.05) is 0 Å². The van der Waals surface area contributed by atoms with Gasteiger partial charge in [0.2, 0.25) is 0 Å². The van der Waals surface area contributed by atoms with Crippen LogP contribution >= 0.6 is 0 Å². The second-order valence-electron chi connectivity index (χ2n) is 2.75. The maximum atomic E-state index is 11.1. The molecule has 1 aromatic heterocycles. The predicted octanol–water partition coefficient (Wildman–Crippen LogP) is -0.129. The van der Waals surface area contributed by atoms with Gasteiger partial charge in [-0.2, -0.15) is 5.10 Å². The Bertz CT molecular complexity index is 277. The van der Waals surface area contributed by atoms with Gasteiger partial charge >= 0.3 is 5.69 Å². The molecule has 0 aliphatic heterocycles. The first-order valence-corrected chi connectivity index (χ1v) is 4.11. The Kier molecular flexibility index (Phi) is 3.04. The van der Waals surface area contributed by atoms with Crippen LogP contribution in [-0.2, 0) is 0 Å². The summed E-state index contributed by atoms with van der Waals surface area (Å²) in [7, 11) is 0. The van der Waals surface area contributed by atoms with E-state index in [0.717, 1.165) is 12.8 Å². The maximum Gasteiger partial charge on any atom is 0.343 e. The lowest BCUT2D eigenvalue weighted by Crippen LogP contribution is -2.27. The minimum atomic E-state index is -0.182. The molecule has 0 saturated carbocycles. The highest BCUT2D eigenvalue weighted by Gasteiger charge is 2.09. The van der Waals surface area contributed by atoms with Crippen molar-refractivity contribution in [3.05, 3.63) is 16.8 Å². The second kappa shape index (κ2) is 4.06. The van der Waals surface area contributed by atoms with Crippen molar-refractivity contribution < 1.29 is 0 Å². The quantitative estimate of drug-likeness (QED) is 0.661. The van der Waals surface area contributed by atoms with Gasteiger partial charge < -0.3 is 5.73 Å². The Morgan fingerprint density at radius 1 is 1.83 bits per heavy atom. The van der Waals surface area contributed by atoms with Gasteiger partial charge in [0.25, 0.3) is 0 Å². The number of rotatable bonds is 4. The summed E-state index contributed by atoms with van der Waals surface area (Å²) in [6.07, 6.45) is 3.42. The molecule has 12 heavy (non-hydrogen) atoms. The molecule has 0 amide bonds. The minimum absolute atomic E-state index is 0.0845. The molecule has 1 aromatic rings. The number of hydrogen-bond acceptors (Lipinski definition) is 3. The molecular weight excluding hydrogens is 156 g/mol. The molecule has 1 heterocycles. The molecule has 1 atom stereocenters. The lowest BCUT2D eigenvalue weighted by atomic mass is 10.2.